The third kappa shape index (κ3) is 4.83. The Hall–Kier alpha value is -2.93. The number of alkyl halides is 3. The summed E-state index contributed by atoms with van der Waals surface area (Å²) in [6.07, 6.45) is -5.58. The molecule has 0 fully saturated rings. The molecule has 0 aliphatic heterocycles. The number of hydrogen-bond donors (Lipinski definition) is 1. The van der Waals surface area contributed by atoms with Crippen LogP contribution in [0.5, 0.6) is 11.5 Å². The molecule has 4 nitrogen and oxygen atoms in total. The summed E-state index contributed by atoms with van der Waals surface area (Å²) in [6, 6.07) is 2.98. The SMILES string of the molecule is N#CCC(=O)Nc1cc(Oc2c(F)cc(C(F)(F)F)cc2F)c(Cl)cc1F. The predicted octanol–water partition coefficient (Wildman–Crippen LogP) is 5.42. The summed E-state index contributed by atoms with van der Waals surface area (Å²) in [5.41, 5.74) is -2.08. The fourth-order valence-corrected chi connectivity index (χ4v) is 2.09. The normalized spacial score (nSPS) is 11.0. The Bertz CT molecular complexity index is 917. The van der Waals surface area contributed by atoms with E-state index < -0.39 is 63.7 Å². The number of halogens is 7. The number of rotatable bonds is 4. The summed E-state index contributed by atoms with van der Waals surface area (Å²) in [6.45, 7) is 0. The maximum absolute atomic E-state index is 13.9. The highest BCUT2D eigenvalue weighted by atomic mass is 35.5. The molecular weight excluding hydrogens is 402 g/mol. The van der Waals surface area contributed by atoms with Crippen LogP contribution < -0.4 is 10.1 Å². The van der Waals surface area contributed by atoms with Crippen molar-refractivity contribution in [2.75, 3.05) is 5.32 Å². The van der Waals surface area contributed by atoms with Gasteiger partial charge in [0.1, 0.15) is 18.0 Å². The van der Waals surface area contributed by atoms with Crippen molar-refractivity contribution in [3.8, 4) is 17.6 Å². The highest BCUT2D eigenvalue weighted by Gasteiger charge is 2.33. The van der Waals surface area contributed by atoms with Crippen LogP contribution >= 0.6 is 11.6 Å². The van der Waals surface area contributed by atoms with Gasteiger partial charge >= 0.3 is 6.18 Å². The monoisotopic (exact) mass is 408 g/mol. The summed E-state index contributed by atoms with van der Waals surface area (Å²) >= 11 is 5.70. The molecule has 0 radical (unpaired) electrons. The zero-order chi connectivity index (χ0) is 20.4. The lowest BCUT2D eigenvalue weighted by molar-refractivity contribution is -0.138. The van der Waals surface area contributed by atoms with E-state index in [1.54, 1.807) is 0 Å². The van der Waals surface area contributed by atoms with Crippen molar-refractivity contribution in [1.29, 1.82) is 5.26 Å². The van der Waals surface area contributed by atoms with Crippen molar-refractivity contribution in [2.45, 2.75) is 12.6 Å². The van der Waals surface area contributed by atoms with Crippen LogP contribution in [0.15, 0.2) is 24.3 Å². The summed E-state index contributed by atoms with van der Waals surface area (Å²) < 4.78 is 84.0. The van der Waals surface area contributed by atoms with Crippen LogP contribution in [0.4, 0.5) is 32.0 Å². The number of nitriles is 1. The number of hydrogen-bond acceptors (Lipinski definition) is 3. The van der Waals surface area contributed by atoms with E-state index in [9.17, 15) is 31.1 Å². The van der Waals surface area contributed by atoms with E-state index in [1.165, 1.54) is 6.07 Å². The van der Waals surface area contributed by atoms with Gasteiger partial charge in [0.05, 0.1) is 22.3 Å². The van der Waals surface area contributed by atoms with Crippen molar-refractivity contribution in [1.82, 2.24) is 0 Å². The quantitative estimate of drug-likeness (QED) is 0.687. The molecule has 142 valence electrons. The molecule has 1 N–H and O–H groups in total. The second-order valence-corrected chi connectivity index (χ2v) is 5.42. The predicted molar refractivity (Wildman–Crippen MR) is 81.7 cm³/mol. The van der Waals surface area contributed by atoms with E-state index in [-0.39, 0.29) is 12.1 Å². The molecule has 0 bridgehead atoms. The van der Waals surface area contributed by atoms with Crippen molar-refractivity contribution in [3.63, 3.8) is 0 Å². The van der Waals surface area contributed by atoms with Gasteiger partial charge in [-0.3, -0.25) is 4.79 Å². The minimum atomic E-state index is -4.98. The molecule has 0 atom stereocenters. The van der Waals surface area contributed by atoms with Gasteiger partial charge in [0.2, 0.25) is 5.91 Å². The van der Waals surface area contributed by atoms with Gasteiger partial charge in [-0.2, -0.15) is 18.4 Å². The van der Waals surface area contributed by atoms with Gasteiger partial charge in [0.15, 0.2) is 17.4 Å². The Balaban J connectivity index is 2.40. The molecule has 11 heteroatoms. The molecule has 0 aliphatic rings. The highest BCUT2D eigenvalue weighted by molar-refractivity contribution is 6.32. The molecule has 0 spiro atoms. The molecule has 2 aromatic carbocycles. The second kappa shape index (κ2) is 7.75. The van der Waals surface area contributed by atoms with E-state index in [4.69, 9.17) is 21.6 Å². The number of carbonyl (C=O) groups is 1. The first-order valence-electron chi connectivity index (χ1n) is 6.93. The number of amides is 1. The molecule has 27 heavy (non-hydrogen) atoms. The van der Waals surface area contributed by atoms with Crippen molar-refractivity contribution >= 4 is 23.2 Å². The first-order chi connectivity index (χ1) is 12.5. The van der Waals surface area contributed by atoms with Gasteiger partial charge in [0, 0.05) is 6.07 Å². The summed E-state index contributed by atoms with van der Waals surface area (Å²) in [5.74, 6) is -6.99. The molecule has 2 aromatic rings. The van der Waals surface area contributed by atoms with E-state index >= 15 is 0 Å². The zero-order valence-electron chi connectivity index (χ0n) is 12.9. The number of carbonyl (C=O) groups excluding carboxylic acids is 1. The Morgan fingerprint density at radius 1 is 1.11 bits per heavy atom. The molecule has 1 amide bonds. The fourth-order valence-electron chi connectivity index (χ4n) is 1.90. The lowest BCUT2D eigenvalue weighted by Crippen LogP contribution is -2.11. The average Bonchev–Trinajstić information content (AvgIpc) is 2.53. The van der Waals surface area contributed by atoms with Crippen molar-refractivity contribution < 1.29 is 35.9 Å². The fraction of sp³-hybridized carbons (Fsp3) is 0.125. The molecule has 2 rings (SSSR count). The van der Waals surface area contributed by atoms with E-state index in [0.717, 1.165) is 6.07 Å². The smallest absolute Gasteiger partial charge is 0.416 e. The van der Waals surface area contributed by atoms with E-state index in [1.807, 2.05) is 5.32 Å². The standard InChI is InChI=1S/C16H7ClF6N2O2/c17-8-5-9(18)12(25-14(26)1-2-24)6-13(8)27-15-10(19)3-7(4-11(15)20)16(21,22)23/h3-6H,1H2,(H,25,26). The number of benzene rings is 2. The average molecular weight is 409 g/mol. The first-order valence-corrected chi connectivity index (χ1v) is 7.30. The third-order valence-electron chi connectivity index (χ3n) is 3.07. The second-order valence-electron chi connectivity index (χ2n) is 5.01. The van der Waals surface area contributed by atoms with Gasteiger partial charge in [-0.1, -0.05) is 11.6 Å². The summed E-state index contributed by atoms with van der Waals surface area (Å²) in [5, 5.41) is 9.95. The molecule has 0 heterocycles. The lowest BCUT2D eigenvalue weighted by Gasteiger charge is -2.14. The Labute approximate surface area is 152 Å². The number of nitrogens with one attached hydrogen (secondary N) is 1. The van der Waals surface area contributed by atoms with Crippen LogP contribution in [-0.4, -0.2) is 5.91 Å². The van der Waals surface area contributed by atoms with E-state index in [2.05, 4.69) is 0 Å². The van der Waals surface area contributed by atoms with Crippen LogP contribution in [0.25, 0.3) is 0 Å². The van der Waals surface area contributed by atoms with Crippen LogP contribution in [0.1, 0.15) is 12.0 Å². The molecule has 0 aliphatic carbocycles. The Morgan fingerprint density at radius 3 is 2.22 bits per heavy atom. The van der Waals surface area contributed by atoms with Crippen LogP contribution in [-0.2, 0) is 11.0 Å². The minimum Gasteiger partial charge on any atom is -0.450 e. The number of anilines is 1. The molecular formula is C16H7ClF6N2O2. The lowest BCUT2D eigenvalue weighted by atomic mass is 10.2. The molecule has 0 aromatic heterocycles. The maximum atomic E-state index is 13.9. The van der Waals surface area contributed by atoms with Gasteiger partial charge in [-0.05, 0) is 18.2 Å². The summed E-state index contributed by atoms with van der Waals surface area (Å²) in [7, 11) is 0. The first kappa shape index (κ1) is 20.4. The minimum absolute atomic E-state index is 0.0193. The number of ether oxygens (including phenoxy) is 1. The van der Waals surface area contributed by atoms with Gasteiger partial charge < -0.3 is 10.1 Å². The van der Waals surface area contributed by atoms with Crippen LogP contribution in [0, 0.1) is 28.8 Å². The third-order valence-corrected chi connectivity index (χ3v) is 3.37. The number of nitrogens with zero attached hydrogens (tertiary/aromatic N) is 1. The highest BCUT2D eigenvalue weighted by Crippen LogP contribution is 2.38. The van der Waals surface area contributed by atoms with Gasteiger partial charge in [-0.25, -0.2) is 13.2 Å². The van der Waals surface area contributed by atoms with Crippen molar-refractivity contribution in [2.24, 2.45) is 0 Å². The largest absolute Gasteiger partial charge is 0.450 e. The van der Waals surface area contributed by atoms with Crippen molar-refractivity contribution in [3.05, 3.63) is 52.3 Å². The molecule has 0 unspecified atom stereocenters. The molecule has 0 saturated carbocycles. The van der Waals surface area contributed by atoms with Crippen LogP contribution in [0.2, 0.25) is 5.02 Å². The Morgan fingerprint density at radius 2 is 1.70 bits per heavy atom. The Kier molecular flexibility index (Phi) is 5.85. The molecule has 0 saturated heterocycles. The topological polar surface area (TPSA) is 62.1 Å². The van der Waals surface area contributed by atoms with Crippen LogP contribution in [0.3, 0.4) is 0 Å². The maximum Gasteiger partial charge on any atom is 0.416 e. The summed E-state index contributed by atoms with van der Waals surface area (Å²) in [4.78, 5) is 11.4. The zero-order valence-corrected chi connectivity index (χ0v) is 13.7. The van der Waals surface area contributed by atoms with E-state index in [0.29, 0.717) is 6.07 Å². The van der Waals surface area contributed by atoms with Gasteiger partial charge in [0.25, 0.3) is 0 Å². The van der Waals surface area contributed by atoms with Gasteiger partial charge in [-0.15, -0.1) is 0 Å².